The van der Waals surface area contributed by atoms with Crippen LogP contribution in [0.4, 0.5) is 5.69 Å². The molecule has 1 N–H and O–H groups in total. The molecular weight excluding hydrogens is 246 g/mol. The highest BCUT2D eigenvalue weighted by Gasteiger charge is 2.32. The lowest BCUT2D eigenvalue weighted by molar-refractivity contribution is 0.481. The van der Waals surface area contributed by atoms with E-state index < -0.39 is 0 Å². The molecule has 2 aromatic carbocycles. The van der Waals surface area contributed by atoms with Gasteiger partial charge in [0.1, 0.15) is 5.75 Å². The summed E-state index contributed by atoms with van der Waals surface area (Å²) in [5.41, 5.74) is 2.37. The van der Waals surface area contributed by atoms with E-state index in [4.69, 9.17) is 11.6 Å². The fourth-order valence-electron chi connectivity index (χ4n) is 2.93. The second-order valence-electron chi connectivity index (χ2n) is 5.04. The van der Waals surface area contributed by atoms with E-state index in [0.717, 1.165) is 23.0 Å². The first-order chi connectivity index (χ1) is 8.59. The van der Waals surface area contributed by atoms with Crippen LogP contribution in [0.15, 0.2) is 30.3 Å². The Labute approximate surface area is 112 Å². The Hall–Kier alpha value is -1.41. The van der Waals surface area contributed by atoms with Crippen molar-refractivity contribution in [2.45, 2.75) is 18.2 Å². The summed E-state index contributed by atoms with van der Waals surface area (Å²) >= 11 is 6.33. The number of hydrogen-bond acceptors (Lipinski definition) is 2. The molecular formula is C15H16ClNO. The molecule has 0 saturated heterocycles. The smallest absolute Gasteiger partial charge is 0.125 e. The normalized spacial score (nSPS) is 20.2. The highest BCUT2D eigenvalue weighted by Crippen LogP contribution is 2.45. The second-order valence-corrected chi connectivity index (χ2v) is 5.73. The highest BCUT2D eigenvalue weighted by molar-refractivity contribution is 6.21. The van der Waals surface area contributed by atoms with Gasteiger partial charge in [-0.05, 0) is 17.9 Å². The average molecular weight is 262 g/mol. The number of anilines is 1. The van der Waals surface area contributed by atoms with Crippen LogP contribution in [0.25, 0.3) is 10.8 Å². The summed E-state index contributed by atoms with van der Waals surface area (Å²) in [5, 5.41) is 12.2. The summed E-state index contributed by atoms with van der Waals surface area (Å²) in [4.78, 5) is 2.17. The standard InChI is InChI=1S/C15H16ClNO/c1-9(16)12-8-17(2)13-7-14(18)10-5-3-4-6-11(10)15(12)13/h3-7,9,12,18H,8H2,1-2H3. The first-order valence-electron chi connectivity index (χ1n) is 6.19. The third-order valence-electron chi connectivity index (χ3n) is 3.85. The van der Waals surface area contributed by atoms with Crippen LogP contribution in [0.2, 0.25) is 0 Å². The Bertz CT molecular complexity index is 609. The summed E-state index contributed by atoms with van der Waals surface area (Å²) < 4.78 is 0. The minimum absolute atomic E-state index is 0.0849. The molecule has 2 atom stereocenters. The first-order valence-corrected chi connectivity index (χ1v) is 6.63. The molecule has 0 fully saturated rings. The van der Waals surface area contributed by atoms with Gasteiger partial charge >= 0.3 is 0 Å². The number of fused-ring (bicyclic) bond motifs is 3. The van der Waals surface area contributed by atoms with E-state index in [1.165, 1.54) is 5.56 Å². The van der Waals surface area contributed by atoms with Crippen LogP contribution < -0.4 is 4.90 Å². The maximum absolute atomic E-state index is 10.1. The van der Waals surface area contributed by atoms with Gasteiger partial charge in [-0.25, -0.2) is 0 Å². The van der Waals surface area contributed by atoms with Crippen molar-refractivity contribution in [2.75, 3.05) is 18.5 Å². The monoisotopic (exact) mass is 261 g/mol. The van der Waals surface area contributed by atoms with Gasteiger partial charge in [-0.2, -0.15) is 0 Å². The lowest BCUT2D eigenvalue weighted by atomic mass is 9.92. The Morgan fingerprint density at radius 3 is 2.67 bits per heavy atom. The molecule has 94 valence electrons. The summed E-state index contributed by atoms with van der Waals surface area (Å²) in [5.74, 6) is 0.663. The zero-order valence-corrected chi connectivity index (χ0v) is 11.3. The van der Waals surface area contributed by atoms with E-state index in [2.05, 4.69) is 11.0 Å². The molecule has 0 saturated carbocycles. The van der Waals surface area contributed by atoms with Gasteiger partial charge in [-0.3, -0.25) is 0 Å². The van der Waals surface area contributed by atoms with Gasteiger partial charge in [0, 0.05) is 42.0 Å². The molecule has 3 rings (SSSR count). The largest absolute Gasteiger partial charge is 0.507 e. The van der Waals surface area contributed by atoms with E-state index in [0.29, 0.717) is 11.7 Å². The van der Waals surface area contributed by atoms with Gasteiger partial charge < -0.3 is 10.0 Å². The van der Waals surface area contributed by atoms with E-state index >= 15 is 0 Å². The predicted molar refractivity (Wildman–Crippen MR) is 76.9 cm³/mol. The topological polar surface area (TPSA) is 23.5 Å². The molecule has 1 aliphatic rings. The number of alkyl halides is 1. The minimum atomic E-state index is 0.0849. The van der Waals surface area contributed by atoms with E-state index in [1.54, 1.807) is 0 Å². The van der Waals surface area contributed by atoms with Crippen LogP contribution in [-0.2, 0) is 0 Å². The molecule has 0 amide bonds. The molecule has 18 heavy (non-hydrogen) atoms. The molecule has 3 heteroatoms. The van der Waals surface area contributed by atoms with E-state index in [-0.39, 0.29) is 5.38 Å². The van der Waals surface area contributed by atoms with Crippen LogP contribution in [-0.4, -0.2) is 24.1 Å². The lowest BCUT2D eigenvalue weighted by Gasteiger charge is -2.15. The average Bonchev–Trinajstić information content (AvgIpc) is 2.68. The third-order valence-corrected chi connectivity index (χ3v) is 4.15. The SMILES string of the molecule is CC(Cl)C1CN(C)c2cc(O)c3ccccc3c21. The zero-order valence-electron chi connectivity index (χ0n) is 10.5. The van der Waals surface area contributed by atoms with Crippen LogP contribution in [0.3, 0.4) is 0 Å². The molecule has 1 heterocycles. The zero-order chi connectivity index (χ0) is 12.9. The van der Waals surface area contributed by atoms with Gasteiger partial charge in [0.25, 0.3) is 0 Å². The summed E-state index contributed by atoms with van der Waals surface area (Å²) in [6.45, 7) is 2.95. The molecule has 0 radical (unpaired) electrons. The molecule has 1 aliphatic heterocycles. The first kappa shape index (κ1) is 11.7. The Morgan fingerprint density at radius 1 is 1.33 bits per heavy atom. The summed E-state index contributed by atoms with van der Waals surface area (Å²) in [7, 11) is 2.05. The maximum Gasteiger partial charge on any atom is 0.125 e. The summed E-state index contributed by atoms with van der Waals surface area (Å²) in [6.07, 6.45) is 0. The number of benzene rings is 2. The number of nitrogens with zero attached hydrogens (tertiary/aromatic N) is 1. The highest BCUT2D eigenvalue weighted by atomic mass is 35.5. The molecule has 2 unspecified atom stereocenters. The third kappa shape index (κ3) is 1.56. The number of phenolic OH excluding ortho intramolecular Hbond substituents is 1. The van der Waals surface area contributed by atoms with Crippen molar-refractivity contribution >= 4 is 28.1 Å². The van der Waals surface area contributed by atoms with E-state index in [9.17, 15) is 5.11 Å². The van der Waals surface area contributed by atoms with Crippen molar-refractivity contribution in [1.82, 2.24) is 0 Å². The lowest BCUT2D eigenvalue weighted by Crippen LogP contribution is -2.19. The van der Waals surface area contributed by atoms with Crippen LogP contribution in [0.1, 0.15) is 18.4 Å². The molecule has 0 spiro atoms. The van der Waals surface area contributed by atoms with Crippen molar-refractivity contribution in [1.29, 1.82) is 0 Å². The van der Waals surface area contributed by atoms with Crippen LogP contribution in [0.5, 0.6) is 5.75 Å². The van der Waals surface area contributed by atoms with Gasteiger partial charge in [0.15, 0.2) is 0 Å². The number of aromatic hydroxyl groups is 1. The quantitative estimate of drug-likeness (QED) is 0.791. The van der Waals surface area contributed by atoms with Crippen LogP contribution >= 0.6 is 11.6 Å². The van der Waals surface area contributed by atoms with Gasteiger partial charge in [0.2, 0.25) is 0 Å². The number of halogens is 1. The number of rotatable bonds is 1. The van der Waals surface area contributed by atoms with Crippen molar-refractivity contribution in [3.05, 3.63) is 35.9 Å². The van der Waals surface area contributed by atoms with Crippen LogP contribution in [0, 0.1) is 0 Å². The van der Waals surface area contributed by atoms with Crippen molar-refractivity contribution < 1.29 is 5.11 Å². The Kier molecular flexibility index (Phi) is 2.63. The van der Waals surface area contributed by atoms with Crippen molar-refractivity contribution in [2.24, 2.45) is 0 Å². The molecule has 0 aromatic heterocycles. The van der Waals surface area contributed by atoms with E-state index in [1.807, 2.05) is 38.2 Å². The second kappa shape index (κ2) is 4.06. The molecule has 0 bridgehead atoms. The van der Waals surface area contributed by atoms with Gasteiger partial charge in [0.05, 0.1) is 0 Å². The van der Waals surface area contributed by atoms with Gasteiger partial charge in [-0.15, -0.1) is 11.6 Å². The summed E-state index contributed by atoms with van der Waals surface area (Å²) in [6, 6.07) is 9.85. The Morgan fingerprint density at radius 2 is 2.00 bits per heavy atom. The minimum Gasteiger partial charge on any atom is -0.507 e. The van der Waals surface area contributed by atoms with Gasteiger partial charge in [-0.1, -0.05) is 24.3 Å². The Balaban J connectivity index is 2.36. The maximum atomic E-state index is 10.1. The van der Waals surface area contributed by atoms with Crippen molar-refractivity contribution in [3.8, 4) is 5.75 Å². The number of likely N-dealkylation sites (N-methyl/N-ethyl adjacent to an activating group) is 1. The number of hydrogen-bond donors (Lipinski definition) is 1. The molecule has 2 nitrogen and oxygen atoms in total. The number of phenols is 1. The predicted octanol–water partition coefficient (Wildman–Crippen LogP) is 3.71. The molecule has 0 aliphatic carbocycles. The molecule has 2 aromatic rings. The fraction of sp³-hybridized carbons (Fsp3) is 0.333. The fourth-order valence-corrected chi connectivity index (χ4v) is 3.14. The van der Waals surface area contributed by atoms with Crippen molar-refractivity contribution in [3.63, 3.8) is 0 Å².